The zero-order chi connectivity index (χ0) is 16.1. The molecule has 0 aliphatic rings. The van der Waals surface area contributed by atoms with Gasteiger partial charge in [-0.2, -0.15) is 0 Å². The van der Waals surface area contributed by atoms with Gasteiger partial charge in [-0.1, -0.05) is 13.3 Å². The third-order valence-electron chi connectivity index (χ3n) is 3.76. The van der Waals surface area contributed by atoms with Gasteiger partial charge < -0.3 is 9.30 Å². The quantitative estimate of drug-likeness (QED) is 0.768. The van der Waals surface area contributed by atoms with Crippen LogP contribution in [0.15, 0.2) is 35.1 Å². The Kier molecular flexibility index (Phi) is 5.15. The zero-order valence-electron chi connectivity index (χ0n) is 13.3. The molecule has 0 saturated carbocycles. The molecule has 22 heavy (non-hydrogen) atoms. The number of hydrogen-bond acceptors (Lipinski definition) is 3. The first-order valence-corrected chi connectivity index (χ1v) is 7.46. The second-order valence-corrected chi connectivity index (χ2v) is 5.29. The predicted octanol–water partition coefficient (Wildman–Crippen LogP) is 3.44. The number of aryl methyl sites for hydroxylation is 1. The van der Waals surface area contributed by atoms with Gasteiger partial charge in [0.25, 0.3) is 5.56 Å². The molecule has 0 aliphatic heterocycles. The van der Waals surface area contributed by atoms with E-state index in [1.165, 1.54) is 0 Å². The maximum atomic E-state index is 12.4. The lowest BCUT2D eigenvalue weighted by Crippen LogP contribution is -2.25. The molecule has 1 aromatic heterocycles. The second kappa shape index (κ2) is 7.07. The lowest BCUT2D eigenvalue weighted by atomic mass is 10.1. The maximum absolute atomic E-state index is 12.4. The van der Waals surface area contributed by atoms with Crippen molar-refractivity contribution in [2.24, 2.45) is 0 Å². The Hall–Kier alpha value is -2.36. The number of carbonyl (C=O) groups is 1. The topological polar surface area (TPSA) is 48.3 Å². The zero-order valence-corrected chi connectivity index (χ0v) is 13.3. The normalized spacial score (nSPS) is 10.5. The summed E-state index contributed by atoms with van der Waals surface area (Å²) in [4.78, 5) is 23.4. The van der Waals surface area contributed by atoms with Crippen LogP contribution >= 0.6 is 0 Å². The van der Waals surface area contributed by atoms with E-state index in [0.717, 1.165) is 35.4 Å². The van der Waals surface area contributed by atoms with Crippen molar-refractivity contribution in [3.05, 3.63) is 51.8 Å². The molecule has 0 aliphatic carbocycles. The third-order valence-corrected chi connectivity index (χ3v) is 3.76. The van der Waals surface area contributed by atoms with Gasteiger partial charge in [0.2, 0.25) is 0 Å². The number of pyridine rings is 1. The smallest absolute Gasteiger partial charge is 0.261 e. The van der Waals surface area contributed by atoms with Crippen LogP contribution in [-0.2, 0) is 6.54 Å². The summed E-state index contributed by atoms with van der Waals surface area (Å²) < 4.78 is 6.97. The molecular formula is C18H21NO3. The Balaban J connectivity index is 2.58. The van der Waals surface area contributed by atoms with E-state index in [2.05, 4.69) is 6.92 Å². The molecule has 0 bridgehead atoms. The largest absolute Gasteiger partial charge is 0.496 e. The number of unbranched alkanes of at least 4 members (excludes halogenated alkanes) is 1. The van der Waals surface area contributed by atoms with Gasteiger partial charge >= 0.3 is 0 Å². The number of aldehydes is 1. The van der Waals surface area contributed by atoms with E-state index in [9.17, 15) is 9.59 Å². The number of benzene rings is 1. The van der Waals surface area contributed by atoms with E-state index in [1.807, 2.05) is 31.2 Å². The van der Waals surface area contributed by atoms with E-state index in [4.69, 9.17) is 4.74 Å². The van der Waals surface area contributed by atoms with Crippen LogP contribution in [0.3, 0.4) is 0 Å². The summed E-state index contributed by atoms with van der Waals surface area (Å²) in [7, 11) is 1.64. The number of methoxy groups -OCH3 is 1. The second-order valence-electron chi connectivity index (χ2n) is 5.29. The highest BCUT2D eigenvalue weighted by Crippen LogP contribution is 2.25. The molecule has 116 valence electrons. The third kappa shape index (κ3) is 3.11. The number of ether oxygens (including phenoxy) is 1. The fraction of sp³-hybridized carbons (Fsp3) is 0.333. The average molecular weight is 299 g/mol. The van der Waals surface area contributed by atoms with Crippen molar-refractivity contribution in [2.45, 2.75) is 33.2 Å². The first-order chi connectivity index (χ1) is 10.6. The van der Waals surface area contributed by atoms with Crippen LogP contribution in [-0.4, -0.2) is 18.0 Å². The molecule has 2 rings (SSSR count). The monoisotopic (exact) mass is 299 g/mol. The fourth-order valence-corrected chi connectivity index (χ4v) is 2.51. The Labute approximate surface area is 130 Å². The Morgan fingerprint density at radius 3 is 2.59 bits per heavy atom. The van der Waals surface area contributed by atoms with Gasteiger partial charge in [0, 0.05) is 6.54 Å². The summed E-state index contributed by atoms with van der Waals surface area (Å²) in [6.45, 7) is 4.65. The van der Waals surface area contributed by atoms with Gasteiger partial charge in [0.05, 0.1) is 18.4 Å². The van der Waals surface area contributed by atoms with Crippen LogP contribution in [0.5, 0.6) is 5.75 Å². The number of hydrogen-bond donors (Lipinski definition) is 0. The highest BCUT2D eigenvalue weighted by atomic mass is 16.5. The molecule has 0 radical (unpaired) electrons. The van der Waals surface area contributed by atoms with Crippen molar-refractivity contribution < 1.29 is 9.53 Å². The summed E-state index contributed by atoms with van der Waals surface area (Å²) in [6, 6.07) is 9.25. The van der Waals surface area contributed by atoms with Crippen molar-refractivity contribution in [3.63, 3.8) is 0 Å². The van der Waals surface area contributed by atoms with E-state index < -0.39 is 0 Å². The number of aromatic nitrogens is 1. The number of carbonyl (C=O) groups excluding carboxylic acids is 1. The lowest BCUT2D eigenvalue weighted by molar-refractivity contribution is 0.112. The van der Waals surface area contributed by atoms with E-state index in [-0.39, 0.29) is 11.1 Å². The first-order valence-electron chi connectivity index (χ1n) is 7.46. The molecule has 0 atom stereocenters. The van der Waals surface area contributed by atoms with Crippen molar-refractivity contribution in [2.75, 3.05) is 7.11 Å². The molecule has 1 aromatic carbocycles. The van der Waals surface area contributed by atoms with Crippen molar-refractivity contribution >= 4 is 6.29 Å². The van der Waals surface area contributed by atoms with Crippen molar-refractivity contribution in [3.8, 4) is 17.0 Å². The molecule has 0 saturated heterocycles. The Morgan fingerprint density at radius 1 is 1.23 bits per heavy atom. The van der Waals surface area contributed by atoms with Gasteiger partial charge in [-0.15, -0.1) is 0 Å². The summed E-state index contributed by atoms with van der Waals surface area (Å²) in [5.74, 6) is 0.815. The molecule has 0 unspecified atom stereocenters. The number of nitrogens with zero attached hydrogens (tertiary/aromatic N) is 1. The number of rotatable bonds is 6. The van der Waals surface area contributed by atoms with Crippen LogP contribution in [0.25, 0.3) is 11.3 Å². The SMILES string of the molecule is CCCCn1c(-c2ccc(OC)c(C)c2)ccc(C=O)c1=O. The molecule has 0 amide bonds. The van der Waals surface area contributed by atoms with E-state index >= 15 is 0 Å². The lowest BCUT2D eigenvalue weighted by Gasteiger charge is -2.15. The standard InChI is InChI=1S/C18H21NO3/c1-4-5-10-19-16(8-6-15(12-20)18(19)21)14-7-9-17(22-3)13(2)11-14/h6-9,11-12H,4-5,10H2,1-3H3. The van der Waals surface area contributed by atoms with E-state index in [1.54, 1.807) is 17.7 Å². The molecule has 0 N–H and O–H groups in total. The van der Waals surface area contributed by atoms with Crippen molar-refractivity contribution in [1.29, 1.82) is 0 Å². The molecule has 1 heterocycles. The molecular weight excluding hydrogens is 278 g/mol. The van der Waals surface area contributed by atoms with Crippen LogP contribution in [0, 0.1) is 6.92 Å². The first kappa shape index (κ1) is 16.0. The van der Waals surface area contributed by atoms with Gasteiger partial charge in [0.15, 0.2) is 6.29 Å². The highest BCUT2D eigenvalue weighted by molar-refractivity contribution is 5.75. The Bertz CT molecular complexity index is 732. The summed E-state index contributed by atoms with van der Waals surface area (Å²) in [5, 5.41) is 0. The summed E-state index contributed by atoms with van der Waals surface area (Å²) >= 11 is 0. The minimum absolute atomic E-state index is 0.199. The van der Waals surface area contributed by atoms with Crippen molar-refractivity contribution in [1.82, 2.24) is 4.57 Å². The maximum Gasteiger partial charge on any atom is 0.261 e. The molecule has 2 aromatic rings. The minimum Gasteiger partial charge on any atom is -0.496 e. The van der Waals surface area contributed by atoms with Crippen LogP contribution in [0.2, 0.25) is 0 Å². The van der Waals surface area contributed by atoms with Gasteiger partial charge in [-0.05, 0) is 54.8 Å². The predicted molar refractivity (Wildman–Crippen MR) is 87.7 cm³/mol. The Morgan fingerprint density at radius 2 is 2.00 bits per heavy atom. The van der Waals surface area contributed by atoms with Gasteiger partial charge in [0.1, 0.15) is 5.75 Å². The summed E-state index contributed by atoms with van der Waals surface area (Å²) in [6.07, 6.45) is 2.50. The van der Waals surface area contributed by atoms with Crippen LogP contribution in [0.4, 0.5) is 0 Å². The average Bonchev–Trinajstić information content (AvgIpc) is 2.53. The van der Waals surface area contributed by atoms with Crippen LogP contribution in [0.1, 0.15) is 35.7 Å². The van der Waals surface area contributed by atoms with E-state index in [0.29, 0.717) is 12.8 Å². The molecule has 0 fully saturated rings. The van der Waals surface area contributed by atoms with Gasteiger partial charge in [-0.25, -0.2) is 0 Å². The fourth-order valence-electron chi connectivity index (χ4n) is 2.51. The highest BCUT2D eigenvalue weighted by Gasteiger charge is 2.11. The minimum atomic E-state index is -0.227. The van der Waals surface area contributed by atoms with Gasteiger partial charge in [-0.3, -0.25) is 9.59 Å². The summed E-state index contributed by atoms with van der Waals surface area (Å²) in [5.41, 5.74) is 2.76. The molecule has 4 heteroatoms. The van der Waals surface area contributed by atoms with Crippen LogP contribution < -0.4 is 10.3 Å². The molecule has 4 nitrogen and oxygen atoms in total. The molecule has 0 spiro atoms.